The van der Waals surface area contributed by atoms with Crippen LogP contribution in [0, 0.1) is 5.92 Å². The van der Waals surface area contributed by atoms with Gasteiger partial charge in [-0.05, 0) is 55.1 Å². The second kappa shape index (κ2) is 7.24. The monoisotopic (exact) mass is 350 g/mol. The van der Waals surface area contributed by atoms with E-state index in [2.05, 4.69) is 35.6 Å². The molecule has 2 nitrogen and oxygen atoms in total. The predicted octanol–water partition coefficient (Wildman–Crippen LogP) is 5.35. The Morgan fingerprint density at radius 2 is 1.80 bits per heavy atom. The minimum absolute atomic E-state index is 0.0125. The average Bonchev–Trinajstić information content (AvgIpc) is 2.93. The van der Waals surface area contributed by atoms with Gasteiger partial charge in [0.15, 0.2) is 0 Å². The zero-order valence-electron chi connectivity index (χ0n) is 14.8. The highest BCUT2D eigenvalue weighted by molar-refractivity contribution is 5.33. The van der Waals surface area contributed by atoms with Crippen molar-refractivity contribution < 1.29 is 13.2 Å². The molecular weight excluding hydrogens is 325 g/mol. The number of aryl methyl sites for hydroxylation is 1. The molecule has 5 heteroatoms. The SMILES string of the molecule is CC(C)CCN1CCCn2cccc2[C@@H]1c1ccc(C(F)(F)F)cc1. The van der Waals surface area contributed by atoms with Crippen LogP contribution in [-0.2, 0) is 12.7 Å². The van der Waals surface area contributed by atoms with Gasteiger partial charge in [0, 0.05) is 25.0 Å². The number of fused-ring (bicyclic) bond motifs is 1. The molecular formula is C20H25F3N2. The van der Waals surface area contributed by atoms with Crippen molar-refractivity contribution in [1.82, 2.24) is 9.47 Å². The van der Waals surface area contributed by atoms with Crippen molar-refractivity contribution in [2.45, 2.75) is 45.5 Å². The molecule has 0 unspecified atom stereocenters. The van der Waals surface area contributed by atoms with Gasteiger partial charge >= 0.3 is 6.18 Å². The minimum Gasteiger partial charge on any atom is -0.350 e. The highest BCUT2D eigenvalue weighted by Crippen LogP contribution is 2.35. The summed E-state index contributed by atoms with van der Waals surface area (Å²) in [5.41, 5.74) is 1.51. The van der Waals surface area contributed by atoms with E-state index >= 15 is 0 Å². The van der Waals surface area contributed by atoms with Gasteiger partial charge in [-0.25, -0.2) is 0 Å². The smallest absolute Gasteiger partial charge is 0.350 e. The van der Waals surface area contributed by atoms with Crippen LogP contribution in [0.2, 0.25) is 0 Å². The summed E-state index contributed by atoms with van der Waals surface area (Å²) in [7, 11) is 0. The van der Waals surface area contributed by atoms with Crippen LogP contribution >= 0.6 is 0 Å². The number of alkyl halides is 3. The molecule has 0 amide bonds. The fourth-order valence-corrected chi connectivity index (χ4v) is 3.54. The van der Waals surface area contributed by atoms with E-state index in [1.54, 1.807) is 12.1 Å². The lowest BCUT2D eigenvalue weighted by Gasteiger charge is -2.31. The van der Waals surface area contributed by atoms with Gasteiger partial charge in [0.25, 0.3) is 0 Å². The Bertz CT molecular complexity index is 686. The van der Waals surface area contributed by atoms with E-state index in [1.165, 1.54) is 17.8 Å². The third-order valence-corrected chi connectivity index (χ3v) is 4.90. The summed E-state index contributed by atoms with van der Waals surface area (Å²) in [6.07, 6.45) is -0.0906. The largest absolute Gasteiger partial charge is 0.416 e. The molecule has 0 spiro atoms. The van der Waals surface area contributed by atoms with Crippen LogP contribution in [0.5, 0.6) is 0 Å². The molecule has 1 aliphatic rings. The fraction of sp³-hybridized carbons (Fsp3) is 0.500. The summed E-state index contributed by atoms with van der Waals surface area (Å²) in [5, 5.41) is 0. The summed E-state index contributed by atoms with van der Waals surface area (Å²) in [6, 6.07) is 9.81. The molecule has 1 aliphatic heterocycles. The van der Waals surface area contributed by atoms with E-state index in [1.807, 2.05) is 6.07 Å². The molecule has 2 aromatic rings. The van der Waals surface area contributed by atoms with Gasteiger partial charge in [-0.3, -0.25) is 4.90 Å². The Kier molecular flexibility index (Phi) is 5.23. The van der Waals surface area contributed by atoms with Crippen molar-refractivity contribution in [2.75, 3.05) is 13.1 Å². The molecule has 0 aliphatic carbocycles. The first-order valence-corrected chi connectivity index (χ1v) is 8.92. The lowest BCUT2D eigenvalue weighted by molar-refractivity contribution is -0.137. The Labute approximate surface area is 147 Å². The van der Waals surface area contributed by atoms with Crippen molar-refractivity contribution >= 4 is 0 Å². The zero-order valence-corrected chi connectivity index (χ0v) is 14.8. The van der Waals surface area contributed by atoms with Crippen molar-refractivity contribution in [1.29, 1.82) is 0 Å². The third kappa shape index (κ3) is 4.09. The highest BCUT2D eigenvalue weighted by Gasteiger charge is 2.32. The number of nitrogens with zero attached hydrogens (tertiary/aromatic N) is 2. The Morgan fingerprint density at radius 3 is 2.44 bits per heavy atom. The summed E-state index contributed by atoms with van der Waals surface area (Å²) in [6.45, 7) is 7.27. The Balaban J connectivity index is 1.95. The lowest BCUT2D eigenvalue weighted by atomic mass is 9.99. The van der Waals surface area contributed by atoms with Gasteiger partial charge in [-0.15, -0.1) is 0 Å². The van der Waals surface area contributed by atoms with E-state index in [4.69, 9.17) is 0 Å². The number of hydrogen-bond acceptors (Lipinski definition) is 1. The van der Waals surface area contributed by atoms with Crippen LogP contribution in [0.25, 0.3) is 0 Å². The highest BCUT2D eigenvalue weighted by atomic mass is 19.4. The molecule has 2 heterocycles. The van der Waals surface area contributed by atoms with Gasteiger partial charge < -0.3 is 4.57 Å². The lowest BCUT2D eigenvalue weighted by Crippen LogP contribution is -2.31. The predicted molar refractivity (Wildman–Crippen MR) is 93.4 cm³/mol. The summed E-state index contributed by atoms with van der Waals surface area (Å²) >= 11 is 0. The maximum Gasteiger partial charge on any atom is 0.416 e. The summed E-state index contributed by atoms with van der Waals surface area (Å²) in [4.78, 5) is 2.42. The maximum atomic E-state index is 12.9. The normalized spacial score (nSPS) is 19.0. The molecule has 0 saturated heterocycles. The Morgan fingerprint density at radius 1 is 1.08 bits per heavy atom. The first kappa shape index (κ1) is 18.1. The average molecular weight is 350 g/mol. The molecule has 3 rings (SSSR count). The van der Waals surface area contributed by atoms with Gasteiger partial charge in [-0.1, -0.05) is 26.0 Å². The van der Waals surface area contributed by atoms with Gasteiger partial charge in [0.1, 0.15) is 0 Å². The van der Waals surface area contributed by atoms with E-state index in [9.17, 15) is 13.2 Å². The van der Waals surface area contributed by atoms with Crippen molar-refractivity contribution in [3.8, 4) is 0 Å². The molecule has 0 N–H and O–H groups in total. The molecule has 0 fully saturated rings. The molecule has 0 saturated carbocycles. The standard InChI is InChI=1S/C20H25F3N2/c1-15(2)10-14-25-13-4-12-24-11-3-5-18(24)19(25)16-6-8-17(9-7-16)20(21,22)23/h3,5-9,11,15,19H,4,10,12-14H2,1-2H3/t19-/m0/s1. The molecule has 1 atom stereocenters. The van der Waals surface area contributed by atoms with Crippen molar-refractivity contribution in [3.63, 3.8) is 0 Å². The van der Waals surface area contributed by atoms with Crippen LogP contribution in [0.3, 0.4) is 0 Å². The van der Waals surface area contributed by atoms with Crippen LogP contribution in [0.4, 0.5) is 13.2 Å². The quantitative estimate of drug-likeness (QED) is 0.722. The number of benzene rings is 1. The number of aromatic nitrogens is 1. The fourth-order valence-electron chi connectivity index (χ4n) is 3.54. The molecule has 0 radical (unpaired) electrons. The van der Waals surface area contributed by atoms with Gasteiger partial charge in [0.05, 0.1) is 11.6 Å². The van der Waals surface area contributed by atoms with E-state index in [0.717, 1.165) is 38.0 Å². The molecule has 1 aromatic carbocycles. The molecule has 136 valence electrons. The second-order valence-electron chi connectivity index (χ2n) is 7.22. The Hall–Kier alpha value is -1.75. The second-order valence-corrected chi connectivity index (χ2v) is 7.22. The van der Waals surface area contributed by atoms with E-state index < -0.39 is 11.7 Å². The van der Waals surface area contributed by atoms with Crippen molar-refractivity contribution in [2.24, 2.45) is 5.92 Å². The van der Waals surface area contributed by atoms with Crippen LogP contribution < -0.4 is 0 Å². The molecule has 0 bridgehead atoms. The number of rotatable bonds is 4. The zero-order chi connectivity index (χ0) is 18.0. The van der Waals surface area contributed by atoms with E-state index in [-0.39, 0.29) is 6.04 Å². The minimum atomic E-state index is -4.29. The van der Waals surface area contributed by atoms with Crippen LogP contribution in [-0.4, -0.2) is 22.6 Å². The molecule has 25 heavy (non-hydrogen) atoms. The van der Waals surface area contributed by atoms with Gasteiger partial charge in [0.2, 0.25) is 0 Å². The van der Waals surface area contributed by atoms with Gasteiger partial charge in [-0.2, -0.15) is 13.2 Å². The van der Waals surface area contributed by atoms with E-state index in [0.29, 0.717) is 5.92 Å². The number of halogens is 3. The summed E-state index contributed by atoms with van der Waals surface area (Å²) in [5.74, 6) is 0.600. The topological polar surface area (TPSA) is 8.17 Å². The number of hydrogen-bond donors (Lipinski definition) is 0. The van der Waals surface area contributed by atoms with Crippen LogP contribution in [0.15, 0.2) is 42.6 Å². The first-order valence-electron chi connectivity index (χ1n) is 8.92. The van der Waals surface area contributed by atoms with Crippen molar-refractivity contribution in [3.05, 3.63) is 59.4 Å². The van der Waals surface area contributed by atoms with Crippen LogP contribution in [0.1, 0.15) is 49.6 Å². The third-order valence-electron chi connectivity index (χ3n) is 4.90. The summed E-state index contributed by atoms with van der Waals surface area (Å²) < 4.78 is 40.9. The first-order chi connectivity index (χ1) is 11.9. The maximum absolute atomic E-state index is 12.9. The molecule has 1 aromatic heterocycles.